The summed E-state index contributed by atoms with van der Waals surface area (Å²) in [6, 6.07) is 0. The van der Waals surface area contributed by atoms with Crippen LogP contribution in [-0.2, 0) is 14.4 Å². The highest BCUT2D eigenvalue weighted by Crippen LogP contribution is 2.71. The fraction of sp³-hybridized carbons (Fsp3) is 0.682. The van der Waals surface area contributed by atoms with E-state index in [0.29, 0.717) is 19.3 Å². The zero-order chi connectivity index (χ0) is 21.6. The van der Waals surface area contributed by atoms with Crippen LogP contribution in [0.2, 0.25) is 0 Å². The van der Waals surface area contributed by atoms with Gasteiger partial charge in [-0.3, -0.25) is 9.59 Å². The molecule has 4 rings (SSSR count). The number of Topliss-reactive ketones (excluding diaryl/α,β-unsaturated/α-hetero) is 1. The minimum absolute atomic E-state index is 0.0161. The molecule has 0 heterocycles. The number of carboxylic acid groups (broad SMARTS) is 1. The maximum Gasteiger partial charge on any atom is 0.375 e. The van der Waals surface area contributed by atoms with E-state index in [0.717, 1.165) is 5.57 Å². The lowest BCUT2D eigenvalue weighted by molar-refractivity contribution is -0.184. The number of hydrogen-bond donors (Lipinski definition) is 3. The monoisotopic (exact) mass is 422 g/mol. The molecule has 0 saturated heterocycles. The normalized spacial score (nSPS) is 51.0. The number of alkyl halides is 1. The number of allylic oxidation sites excluding steroid dienone is 4. The SMILES string of the molecule is C[C@H]1C[C@H]2[C@@H]3CCC4=CC(=O)C=C[C@]4(C)[C@@]3(Cl)[C@@H](O)C[C@]2(C)[C@@]1(O)C(=O)C(=O)O. The Morgan fingerprint density at radius 3 is 2.52 bits per heavy atom. The number of hydrogen-bond acceptors (Lipinski definition) is 5. The summed E-state index contributed by atoms with van der Waals surface area (Å²) < 4.78 is 0. The molecule has 0 aromatic heterocycles. The van der Waals surface area contributed by atoms with Gasteiger partial charge in [0.2, 0.25) is 0 Å². The molecule has 0 aromatic rings. The van der Waals surface area contributed by atoms with Gasteiger partial charge in [0, 0.05) is 10.8 Å². The van der Waals surface area contributed by atoms with Gasteiger partial charge in [0.05, 0.1) is 11.0 Å². The number of aliphatic hydroxyl groups excluding tert-OH is 1. The topological polar surface area (TPSA) is 112 Å². The summed E-state index contributed by atoms with van der Waals surface area (Å²) in [5.74, 6) is -4.00. The van der Waals surface area contributed by atoms with Gasteiger partial charge in [-0.2, -0.15) is 0 Å². The Kier molecular flexibility index (Phi) is 4.31. The molecule has 0 unspecified atom stereocenters. The average molecular weight is 423 g/mol. The highest BCUT2D eigenvalue weighted by Gasteiger charge is 2.75. The van der Waals surface area contributed by atoms with Crippen LogP contribution < -0.4 is 0 Å². The maximum absolute atomic E-state index is 12.6. The number of ketones is 2. The molecule has 3 saturated carbocycles. The molecule has 0 spiro atoms. The third-order valence-electron chi connectivity index (χ3n) is 8.76. The predicted octanol–water partition coefficient (Wildman–Crippen LogP) is 2.26. The van der Waals surface area contributed by atoms with E-state index in [9.17, 15) is 29.7 Å². The van der Waals surface area contributed by atoms with E-state index >= 15 is 0 Å². The Morgan fingerprint density at radius 1 is 1.24 bits per heavy atom. The van der Waals surface area contributed by atoms with Gasteiger partial charge in [-0.1, -0.05) is 32.4 Å². The summed E-state index contributed by atoms with van der Waals surface area (Å²) in [5, 5.41) is 32.1. The van der Waals surface area contributed by atoms with Crippen LogP contribution >= 0.6 is 11.6 Å². The lowest BCUT2D eigenvalue weighted by Gasteiger charge is -2.63. The van der Waals surface area contributed by atoms with E-state index < -0.39 is 45.1 Å². The number of aliphatic carboxylic acids is 1. The van der Waals surface area contributed by atoms with E-state index in [1.54, 1.807) is 26.0 Å². The fourth-order valence-corrected chi connectivity index (χ4v) is 7.72. The van der Waals surface area contributed by atoms with Crippen molar-refractivity contribution in [2.75, 3.05) is 0 Å². The van der Waals surface area contributed by atoms with Crippen LogP contribution in [-0.4, -0.2) is 49.4 Å². The minimum Gasteiger partial charge on any atom is -0.475 e. The third kappa shape index (κ3) is 2.23. The Balaban J connectivity index is 1.84. The van der Waals surface area contributed by atoms with Crippen molar-refractivity contribution < 1.29 is 29.7 Å². The molecule has 0 amide bonds. The van der Waals surface area contributed by atoms with Crippen LogP contribution in [0.4, 0.5) is 0 Å². The first-order chi connectivity index (χ1) is 13.3. The van der Waals surface area contributed by atoms with Crippen molar-refractivity contribution in [2.24, 2.45) is 28.6 Å². The van der Waals surface area contributed by atoms with Gasteiger partial charge in [0.1, 0.15) is 5.60 Å². The number of carbonyl (C=O) groups is 3. The molecule has 3 N–H and O–H groups in total. The Hall–Kier alpha value is -1.50. The van der Waals surface area contributed by atoms with Gasteiger partial charge in [-0.15, -0.1) is 11.6 Å². The predicted molar refractivity (Wildman–Crippen MR) is 105 cm³/mol. The molecular formula is C22H27ClO6. The van der Waals surface area contributed by atoms with Crippen molar-refractivity contribution >= 4 is 29.1 Å². The first kappa shape index (κ1) is 20.8. The Bertz CT molecular complexity index is 879. The van der Waals surface area contributed by atoms with Crippen molar-refractivity contribution in [3.05, 3.63) is 23.8 Å². The third-order valence-corrected chi connectivity index (χ3v) is 9.69. The molecule has 4 aliphatic carbocycles. The van der Waals surface area contributed by atoms with E-state index in [2.05, 4.69) is 0 Å². The molecule has 7 heteroatoms. The Labute approximate surface area is 174 Å². The summed E-state index contributed by atoms with van der Waals surface area (Å²) in [6.07, 6.45) is 5.49. The van der Waals surface area contributed by atoms with Crippen LogP contribution in [0.1, 0.15) is 46.5 Å². The van der Waals surface area contributed by atoms with E-state index in [-0.39, 0.29) is 24.0 Å². The van der Waals surface area contributed by atoms with Crippen molar-refractivity contribution in [1.82, 2.24) is 0 Å². The summed E-state index contributed by atoms with van der Waals surface area (Å²) in [5.41, 5.74) is -3.00. The van der Waals surface area contributed by atoms with E-state index in [1.165, 1.54) is 6.08 Å². The van der Waals surface area contributed by atoms with Crippen molar-refractivity contribution in [2.45, 2.75) is 63.0 Å². The number of halogens is 1. The Morgan fingerprint density at radius 2 is 1.90 bits per heavy atom. The summed E-state index contributed by atoms with van der Waals surface area (Å²) in [4.78, 5) is 34.9. The smallest absolute Gasteiger partial charge is 0.375 e. The molecule has 0 radical (unpaired) electrons. The fourth-order valence-electron chi connectivity index (χ4n) is 7.19. The summed E-state index contributed by atoms with van der Waals surface area (Å²) >= 11 is 7.27. The second-order valence-corrected chi connectivity index (χ2v) is 10.4. The highest BCUT2D eigenvalue weighted by molar-refractivity contribution is 6.36. The number of rotatable bonds is 2. The standard InChI is InChI=1S/C22H27ClO6/c1-11-8-15-14-5-4-12-9-13(24)6-7-19(12,2)21(14,23)16(25)10-20(15,3)22(11,29)17(26)18(27)28/h6-7,9,11,14-16,25,29H,4-5,8,10H2,1-3H3,(H,27,28)/t11-,14-,15-,16-,19-,20-,21-,22-/m0/s1. The number of carbonyl (C=O) groups excluding carboxylic acids is 2. The molecule has 0 bridgehead atoms. The van der Waals surface area contributed by atoms with Gasteiger partial charge in [0.15, 0.2) is 5.78 Å². The molecule has 29 heavy (non-hydrogen) atoms. The first-order valence-electron chi connectivity index (χ1n) is 10.2. The molecule has 4 aliphatic rings. The van der Waals surface area contributed by atoms with Crippen LogP contribution in [0.15, 0.2) is 23.8 Å². The zero-order valence-corrected chi connectivity index (χ0v) is 17.6. The average Bonchev–Trinajstić information content (AvgIpc) is 2.84. The quantitative estimate of drug-likeness (QED) is 0.465. The van der Waals surface area contributed by atoms with Crippen LogP contribution in [0.5, 0.6) is 0 Å². The van der Waals surface area contributed by atoms with Gasteiger partial charge in [-0.05, 0) is 55.6 Å². The van der Waals surface area contributed by atoms with Crippen LogP contribution in [0.25, 0.3) is 0 Å². The number of fused-ring (bicyclic) bond motifs is 5. The molecule has 158 valence electrons. The summed E-state index contributed by atoms with van der Waals surface area (Å²) in [6.45, 7) is 5.34. The van der Waals surface area contributed by atoms with Gasteiger partial charge < -0.3 is 15.3 Å². The van der Waals surface area contributed by atoms with Gasteiger partial charge in [-0.25, -0.2) is 4.79 Å². The van der Waals surface area contributed by atoms with Crippen molar-refractivity contribution in [3.63, 3.8) is 0 Å². The second kappa shape index (κ2) is 6.02. The summed E-state index contributed by atoms with van der Waals surface area (Å²) in [7, 11) is 0. The lowest BCUT2D eigenvalue weighted by Crippen LogP contribution is -2.69. The van der Waals surface area contributed by atoms with Gasteiger partial charge in [0.25, 0.3) is 5.78 Å². The van der Waals surface area contributed by atoms with Gasteiger partial charge >= 0.3 is 5.97 Å². The molecular weight excluding hydrogens is 396 g/mol. The molecule has 0 aliphatic heterocycles. The largest absolute Gasteiger partial charge is 0.475 e. The number of carboxylic acids is 1. The van der Waals surface area contributed by atoms with E-state index in [4.69, 9.17) is 11.6 Å². The highest BCUT2D eigenvalue weighted by atomic mass is 35.5. The maximum atomic E-state index is 12.6. The van der Waals surface area contributed by atoms with Crippen LogP contribution in [0, 0.1) is 28.6 Å². The minimum atomic E-state index is -2.06. The zero-order valence-electron chi connectivity index (χ0n) is 16.8. The second-order valence-electron chi connectivity index (χ2n) is 9.80. The van der Waals surface area contributed by atoms with E-state index in [1.807, 2.05) is 6.92 Å². The number of aliphatic hydroxyl groups is 2. The molecule has 0 aromatic carbocycles. The van der Waals surface area contributed by atoms with Crippen molar-refractivity contribution in [1.29, 1.82) is 0 Å². The first-order valence-corrected chi connectivity index (χ1v) is 10.5. The van der Waals surface area contributed by atoms with Crippen molar-refractivity contribution in [3.8, 4) is 0 Å². The molecule has 6 nitrogen and oxygen atoms in total. The lowest BCUT2D eigenvalue weighted by atomic mass is 9.45. The van der Waals surface area contributed by atoms with Crippen LogP contribution in [0.3, 0.4) is 0 Å². The molecule has 8 atom stereocenters. The molecule has 3 fully saturated rings.